The molecule has 0 atom stereocenters. The zero-order valence-electron chi connectivity index (χ0n) is 10.4. The van der Waals surface area contributed by atoms with Gasteiger partial charge in [-0.25, -0.2) is 4.39 Å². The lowest BCUT2D eigenvalue weighted by atomic mass is 10.1. The third-order valence-electron chi connectivity index (χ3n) is 2.87. The number of aryl methyl sites for hydroxylation is 1. The fourth-order valence-electron chi connectivity index (χ4n) is 1.76. The minimum absolute atomic E-state index is 0.0985. The van der Waals surface area contributed by atoms with Gasteiger partial charge in [-0.15, -0.1) is 0 Å². The Morgan fingerprint density at radius 2 is 1.72 bits per heavy atom. The van der Waals surface area contributed by atoms with E-state index in [-0.39, 0.29) is 11.5 Å². The zero-order chi connectivity index (χ0) is 13.1. The van der Waals surface area contributed by atoms with E-state index >= 15 is 0 Å². The summed E-state index contributed by atoms with van der Waals surface area (Å²) < 4.78 is 13.9. The second-order valence-corrected chi connectivity index (χ2v) is 4.14. The lowest BCUT2D eigenvalue weighted by Crippen LogP contribution is -2.27. The number of halogens is 1. The van der Waals surface area contributed by atoms with Gasteiger partial charge in [-0.2, -0.15) is 0 Å². The summed E-state index contributed by atoms with van der Waals surface area (Å²) in [5, 5.41) is 0. The zero-order valence-corrected chi connectivity index (χ0v) is 10.4. The molecule has 0 spiro atoms. The van der Waals surface area contributed by atoms with E-state index in [0.29, 0.717) is 5.56 Å². The van der Waals surface area contributed by atoms with Crippen molar-refractivity contribution in [1.82, 2.24) is 0 Å². The monoisotopic (exact) mass is 243 g/mol. The van der Waals surface area contributed by atoms with Gasteiger partial charge in [0, 0.05) is 12.7 Å². The predicted molar refractivity (Wildman–Crippen MR) is 70.3 cm³/mol. The van der Waals surface area contributed by atoms with Crippen LogP contribution in [0, 0.1) is 12.7 Å². The number of anilines is 1. The SMILES string of the molecule is Cc1cccc(C(=O)N(C)c2ccccc2)c1F. The first-order valence-corrected chi connectivity index (χ1v) is 5.69. The van der Waals surface area contributed by atoms with E-state index in [9.17, 15) is 9.18 Å². The molecule has 0 aromatic heterocycles. The van der Waals surface area contributed by atoms with Crippen LogP contribution in [0.4, 0.5) is 10.1 Å². The quantitative estimate of drug-likeness (QED) is 0.791. The maximum absolute atomic E-state index is 13.9. The molecular formula is C15H14FNO. The summed E-state index contributed by atoms with van der Waals surface area (Å²) in [6.07, 6.45) is 0. The Hall–Kier alpha value is -2.16. The molecule has 18 heavy (non-hydrogen) atoms. The third-order valence-corrected chi connectivity index (χ3v) is 2.87. The molecule has 0 saturated heterocycles. The van der Waals surface area contributed by atoms with Crippen molar-refractivity contribution < 1.29 is 9.18 Å². The molecule has 0 N–H and O–H groups in total. The van der Waals surface area contributed by atoms with Crippen molar-refractivity contribution in [3.8, 4) is 0 Å². The van der Waals surface area contributed by atoms with Crippen LogP contribution < -0.4 is 4.90 Å². The van der Waals surface area contributed by atoms with Crippen molar-refractivity contribution in [2.75, 3.05) is 11.9 Å². The second kappa shape index (κ2) is 5.00. The van der Waals surface area contributed by atoms with Crippen molar-refractivity contribution in [3.05, 3.63) is 65.5 Å². The molecule has 2 rings (SSSR count). The van der Waals surface area contributed by atoms with E-state index in [1.165, 1.54) is 11.0 Å². The summed E-state index contributed by atoms with van der Waals surface area (Å²) in [4.78, 5) is 13.6. The van der Waals surface area contributed by atoms with E-state index in [1.807, 2.05) is 30.3 Å². The Balaban J connectivity index is 2.35. The van der Waals surface area contributed by atoms with Crippen molar-refractivity contribution in [1.29, 1.82) is 0 Å². The van der Waals surface area contributed by atoms with Gasteiger partial charge >= 0.3 is 0 Å². The molecule has 0 bridgehead atoms. The van der Waals surface area contributed by atoms with Crippen LogP contribution in [0.1, 0.15) is 15.9 Å². The summed E-state index contributed by atoms with van der Waals surface area (Å²) in [5.74, 6) is -0.798. The van der Waals surface area contributed by atoms with Gasteiger partial charge in [-0.1, -0.05) is 30.3 Å². The van der Waals surface area contributed by atoms with E-state index in [2.05, 4.69) is 0 Å². The number of carbonyl (C=O) groups is 1. The first-order valence-electron chi connectivity index (χ1n) is 5.69. The average molecular weight is 243 g/mol. The summed E-state index contributed by atoms with van der Waals surface area (Å²) in [5.41, 5.74) is 1.31. The summed E-state index contributed by atoms with van der Waals surface area (Å²) in [7, 11) is 1.64. The lowest BCUT2D eigenvalue weighted by molar-refractivity contribution is 0.0989. The van der Waals surface area contributed by atoms with Gasteiger partial charge in [-0.05, 0) is 30.7 Å². The standard InChI is InChI=1S/C15H14FNO/c1-11-7-6-10-13(14(11)16)15(18)17(2)12-8-4-3-5-9-12/h3-10H,1-2H3. The van der Waals surface area contributed by atoms with Crippen LogP contribution in [0.25, 0.3) is 0 Å². The summed E-state index contributed by atoms with van der Waals surface area (Å²) in [6.45, 7) is 1.65. The number of para-hydroxylation sites is 1. The minimum atomic E-state index is -0.453. The van der Waals surface area contributed by atoms with Gasteiger partial charge in [0.15, 0.2) is 0 Å². The maximum atomic E-state index is 13.9. The smallest absolute Gasteiger partial charge is 0.260 e. The average Bonchev–Trinajstić information content (AvgIpc) is 2.41. The molecule has 0 saturated carbocycles. The van der Waals surface area contributed by atoms with E-state index in [4.69, 9.17) is 0 Å². The first kappa shape index (κ1) is 12.3. The van der Waals surface area contributed by atoms with Crippen LogP contribution in [-0.2, 0) is 0 Å². The largest absolute Gasteiger partial charge is 0.311 e. The van der Waals surface area contributed by atoms with E-state index < -0.39 is 5.82 Å². The number of nitrogens with zero attached hydrogens (tertiary/aromatic N) is 1. The summed E-state index contributed by atoms with van der Waals surface area (Å²) >= 11 is 0. The van der Waals surface area contributed by atoms with Crippen molar-refractivity contribution in [3.63, 3.8) is 0 Å². The Labute approximate surface area is 106 Å². The molecule has 0 fully saturated rings. The van der Waals surface area contributed by atoms with Gasteiger partial charge in [-0.3, -0.25) is 4.79 Å². The Bertz CT molecular complexity index is 566. The van der Waals surface area contributed by atoms with E-state index in [1.54, 1.807) is 26.1 Å². The molecule has 2 nitrogen and oxygen atoms in total. The number of carbonyl (C=O) groups excluding carboxylic acids is 1. The predicted octanol–water partition coefficient (Wildman–Crippen LogP) is 3.41. The highest BCUT2D eigenvalue weighted by molar-refractivity contribution is 6.06. The van der Waals surface area contributed by atoms with Gasteiger partial charge < -0.3 is 4.90 Å². The van der Waals surface area contributed by atoms with Crippen molar-refractivity contribution in [2.45, 2.75) is 6.92 Å². The lowest BCUT2D eigenvalue weighted by Gasteiger charge is -2.18. The highest BCUT2D eigenvalue weighted by atomic mass is 19.1. The van der Waals surface area contributed by atoms with Crippen LogP contribution in [0.3, 0.4) is 0 Å². The third kappa shape index (κ3) is 2.25. The van der Waals surface area contributed by atoms with Crippen LogP contribution in [0.5, 0.6) is 0 Å². The molecule has 0 unspecified atom stereocenters. The fraction of sp³-hybridized carbons (Fsp3) is 0.133. The molecule has 0 aliphatic heterocycles. The number of hydrogen-bond acceptors (Lipinski definition) is 1. The molecule has 2 aromatic carbocycles. The van der Waals surface area contributed by atoms with Gasteiger partial charge in [0.05, 0.1) is 5.56 Å². The Kier molecular flexibility index (Phi) is 3.42. The number of amides is 1. The maximum Gasteiger partial charge on any atom is 0.260 e. The highest BCUT2D eigenvalue weighted by Gasteiger charge is 2.17. The van der Waals surface area contributed by atoms with Gasteiger partial charge in [0.1, 0.15) is 5.82 Å². The van der Waals surface area contributed by atoms with E-state index in [0.717, 1.165) is 5.69 Å². The summed E-state index contributed by atoms with van der Waals surface area (Å²) in [6, 6.07) is 14.0. The van der Waals surface area contributed by atoms with Crippen molar-refractivity contribution in [2.24, 2.45) is 0 Å². The molecule has 0 aliphatic carbocycles. The van der Waals surface area contributed by atoms with Crippen LogP contribution >= 0.6 is 0 Å². The molecular weight excluding hydrogens is 229 g/mol. The van der Waals surface area contributed by atoms with Crippen molar-refractivity contribution >= 4 is 11.6 Å². The normalized spacial score (nSPS) is 10.2. The van der Waals surface area contributed by atoms with Crippen LogP contribution in [0.2, 0.25) is 0 Å². The van der Waals surface area contributed by atoms with Gasteiger partial charge in [0.2, 0.25) is 0 Å². The Morgan fingerprint density at radius 3 is 2.39 bits per heavy atom. The number of rotatable bonds is 2. The first-order chi connectivity index (χ1) is 8.61. The molecule has 3 heteroatoms. The molecule has 0 radical (unpaired) electrons. The molecule has 92 valence electrons. The van der Waals surface area contributed by atoms with Crippen LogP contribution in [-0.4, -0.2) is 13.0 Å². The fourth-order valence-corrected chi connectivity index (χ4v) is 1.76. The minimum Gasteiger partial charge on any atom is -0.311 e. The number of benzene rings is 2. The molecule has 0 heterocycles. The number of hydrogen-bond donors (Lipinski definition) is 0. The highest BCUT2D eigenvalue weighted by Crippen LogP contribution is 2.18. The molecule has 0 aliphatic rings. The Morgan fingerprint density at radius 1 is 1.06 bits per heavy atom. The molecule has 1 amide bonds. The molecule has 2 aromatic rings. The van der Waals surface area contributed by atoms with Crippen LogP contribution in [0.15, 0.2) is 48.5 Å². The second-order valence-electron chi connectivity index (χ2n) is 4.14. The van der Waals surface area contributed by atoms with Gasteiger partial charge in [0.25, 0.3) is 5.91 Å². The topological polar surface area (TPSA) is 20.3 Å².